The number of halogens is 3. The van der Waals surface area contributed by atoms with Crippen molar-refractivity contribution < 1.29 is 31.1 Å². The summed E-state index contributed by atoms with van der Waals surface area (Å²) in [5.74, 6) is -0.870. The van der Waals surface area contributed by atoms with Gasteiger partial charge in [-0.25, -0.2) is 8.42 Å². The molecule has 1 aromatic heterocycles. The van der Waals surface area contributed by atoms with E-state index in [-0.39, 0.29) is 22.1 Å². The maximum absolute atomic E-state index is 14.6. The number of carbonyl (C=O) groups is 1. The van der Waals surface area contributed by atoms with Crippen LogP contribution in [0.3, 0.4) is 0 Å². The average Bonchev–Trinajstić information content (AvgIpc) is 3.32. The molecule has 236 valence electrons. The summed E-state index contributed by atoms with van der Waals surface area (Å²) in [5.41, 5.74) is 0.673. The van der Waals surface area contributed by atoms with E-state index in [1.165, 1.54) is 30.3 Å². The molecule has 0 aliphatic carbocycles. The Hall–Kier alpha value is -3.41. The van der Waals surface area contributed by atoms with E-state index in [1.807, 2.05) is 12.1 Å². The van der Waals surface area contributed by atoms with Crippen molar-refractivity contribution in [1.82, 2.24) is 8.54 Å². The Bertz CT molecular complexity index is 1760. The fraction of sp³-hybridized carbons (Fsp3) is 0.364. The van der Waals surface area contributed by atoms with E-state index in [9.17, 15) is 26.4 Å². The van der Waals surface area contributed by atoms with Crippen molar-refractivity contribution in [2.75, 3.05) is 13.2 Å². The van der Waals surface area contributed by atoms with Gasteiger partial charge in [-0.1, -0.05) is 88.0 Å². The minimum absolute atomic E-state index is 0.0221. The van der Waals surface area contributed by atoms with E-state index < -0.39 is 48.6 Å². The number of fused-ring (bicyclic) bond motifs is 1. The van der Waals surface area contributed by atoms with Crippen LogP contribution in [0.5, 0.6) is 0 Å². The number of rotatable bonds is 9. The summed E-state index contributed by atoms with van der Waals surface area (Å²) in [6, 6.07) is 16.8. The maximum atomic E-state index is 14.6. The van der Waals surface area contributed by atoms with Gasteiger partial charge in [0.1, 0.15) is 6.54 Å². The van der Waals surface area contributed by atoms with E-state index in [0.29, 0.717) is 10.9 Å². The van der Waals surface area contributed by atoms with E-state index in [2.05, 4.69) is 38.1 Å². The van der Waals surface area contributed by atoms with Gasteiger partial charge in [-0.05, 0) is 54.3 Å². The maximum Gasteiger partial charge on any atom is 0.416 e. The molecular weight excluding hydrogens is 606 g/mol. The topological polar surface area (TPSA) is 68.6 Å². The number of hydrogen-bond acceptors (Lipinski definition) is 4. The van der Waals surface area contributed by atoms with Crippen molar-refractivity contribution in [2.45, 2.75) is 69.9 Å². The molecular formula is C33H39F3N2O4SSi. The average molecular weight is 645 g/mol. The molecule has 1 unspecified atom stereocenters. The minimum Gasteiger partial charge on any atom is -0.465 e. The molecule has 0 spiro atoms. The fourth-order valence-electron chi connectivity index (χ4n) is 5.21. The van der Waals surface area contributed by atoms with Crippen molar-refractivity contribution in [2.24, 2.45) is 0 Å². The standard InChI is InChI=1S/C33H39F3N2O4SSi/c1-8-42-30(39)22-37(43(40,41)24-19-17-23(2)18-20-24)31(26-14-9-11-15-28(26)33(34,35)36)27-21-38(44(6,7)32(3,4)5)29-16-12-10-13-25(27)29/h9-21,31H,8,22H2,1-7H3. The van der Waals surface area contributed by atoms with Gasteiger partial charge in [0.2, 0.25) is 10.0 Å². The monoisotopic (exact) mass is 644 g/mol. The van der Waals surface area contributed by atoms with Gasteiger partial charge in [0, 0.05) is 17.1 Å². The van der Waals surface area contributed by atoms with Crippen LogP contribution in [0.2, 0.25) is 18.1 Å². The molecule has 44 heavy (non-hydrogen) atoms. The summed E-state index contributed by atoms with van der Waals surface area (Å²) in [5, 5.41) is 0.441. The summed E-state index contributed by atoms with van der Waals surface area (Å²) in [7, 11) is -6.93. The lowest BCUT2D eigenvalue weighted by molar-refractivity contribution is -0.143. The summed E-state index contributed by atoms with van der Waals surface area (Å²) in [6.45, 7) is 13.3. The van der Waals surface area contributed by atoms with Crippen LogP contribution in [0, 0.1) is 6.92 Å². The molecule has 4 rings (SSSR count). The number of sulfonamides is 1. The molecule has 0 aliphatic rings. The third-order valence-electron chi connectivity index (χ3n) is 8.54. The Morgan fingerprint density at radius 3 is 2.11 bits per heavy atom. The highest BCUT2D eigenvalue weighted by atomic mass is 32.2. The number of aryl methyl sites for hydroxylation is 1. The molecule has 4 aromatic rings. The van der Waals surface area contributed by atoms with E-state index in [1.54, 1.807) is 44.3 Å². The molecule has 1 heterocycles. The number of carbonyl (C=O) groups excluding carboxylic acids is 1. The van der Waals surface area contributed by atoms with Crippen molar-refractivity contribution >= 4 is 35.1 Å². The highest BCUT2D eigenvalue weighted by molar-refractivity contribution is 7.89. The number of benzene rings is 3. The molecule has 0 N–H and O–H groups in total. The van der Waals surface area contributed by atoms with Crippen LogP contribution in [0.4, 0.5) is 13.2 Å². The lowest BCUT2D eigenvalue weighted by Gasteiger charge is -2.38. The van der Waals surface area contributed by atoms with Gasteiger partial charge in [-0.2, -0.15) is 17.5 Å². The normalized spacial score (nSPS) is 13.8. The largest absolute Gasteiger partial charge is 0.465 e. The summed E-state index contributed by atoms with van der Waals surface area (Å²) >= 11 is 0. The van der Waals surface area contributed by atoms with Crippen LogP contribution in [0.1, 0.15) is 56.0 Å². The first-order valence-electron chi connectivity index (χ1n) is 14.4. The van der Waals surface area contributed by atoms with Crippen LogP contribution >= 0.6 is 0 Å². The molecule has 11 heteroatoms. The lowest BCUT2D eigenvalue weighted by Crippen LogP contribution is -2.45. The SMILES string of the molecule is CCOC(=O)CN(C(c1ccccc1C(F)(F)F)c1cn([Si](C)(C)C(C)(C)C)c2ccccc12)S(=O)(=O)c1ccc(C)cc1. The van der Waals surface area contributed by atoms with Crippen LogP contribution in [0.25, 0.3) is 10.9 Å². The van der Waals surface area contributed by atoms with E-state index >= 15 is 0 Å². The van der Waals surface area contributed by atoms with E-state index in [0.717, 1.165) is 21.5 Å². The van der Waals surface area contributed by atoms with Gasteiger partial charge in [0.25, 0.3) is 0 Å². The van der Waals surface area contributed by atoms with E-state index in [4.69, 9.17) is 4.74 Å². The first-order chi connectivity index (χ1) is 20.4. The Balaban J connectivity index is 2.15. The molecule has 0 fully saturated rings. The van der Waals surface area contributed by atoms with Crippen molar-refractivity contribution in [1.29, 1.82) is 0 Å². The van der Waals surface area contributed by atoms with Crippen LogP contribution < -0.4 is 0 Å². The Morgan fingerprint density at radius 1 is 0.932 bits per heavy atom. The molecule has 0 radical (unpaired) electrons. The summed E-state index contributed by atoms with van der Waals surface area (Å²) in [6.07, 6.45) is -3.00. The second kappa shape index (κ2) is 12.2. The Kier molecular flexibility index (Phi) is 9.26. The first-order valence-corrected chi connectivity index (χ1v) is 18.8. The Labute approximate surface area is 258 Å². The van der Waals surface area contributed by atoms with Crippen LogP contribution in [0.15, 0.2) is 83.9 Å². The van der Waals surface area contributed by atoms with Gasteiger partial charge >= 0.3 is 12.1 Å². The molecule has 0 bridgehead atoms. The minimum atomic E-state index is -4.80. The predicted molar refractivity (Wildman–Crippen MR) is 170 cm³/mol. The predicted octanol–water partition coefficient (Wildman–Crippen LogP) is 8.17. The highest BCUT2D eigenvalue weighted by Gasteiger charge is 2.44. The zero-order valence-electron chi connectivity index (χ0n) is 26.1. The lowest BCUT2D eigenvalue weighted by atomic mass is 9.93. The molecule has 3 aromatic carbocycles. The molecule has 0 aliphatic heterocycles. The molecule has 0 saturated carbocycles. The quantitative estimate of drug-likeness (QED) is 0.136. The van der Waals surface area contributed by atoms with Crippen LogP contribution in [-0.4, -0.2) is 44.3 Å². The number of nitrogens with zero attached hydrogens (tertiary/aromatic N) is 2. The second-order valence-electron chi connectivity index (χ2n) is 12.4. The highest BCUT2D eigenvalue weighted by Crippen LogP contribution is 2.46. The number of ether oxygens (including phenoxy) is 1. The third kappa shape index (κ3) is 6.36. The van der Waals surface area contributed by atoms with Crippen LogP contribution in [-0.2, 0) is 25.7 Å². The Morgan fingerprint density at radius 2 is 1.52 bits per heavy atom. The van der Waals surface area contributed by atoms with Crippen molar-refractivity contribution in [3.63, 3.8) is 0 Å². The van der Waals surface area contributed by atoms with Gasteiger partial charge in [-0.3, -0.25) is 4.79 Å². The fourth-order valence-corrected chi connectivity index (χ4v) is 8.73. The van der Waals surface area contributed by atoms with Crippen molar-refractivity contribution in [3.8, 4) is 0 Å². The summed E-state index contributed by atoms with van der Waals surface area (Å²) in [4.78, 5) is 12.9. The smallest absolute Gasteiger partial charge is 0.416 e. The number of alkyl halides is 3. The number of esters is 1. The van der Waals surface area contributed by atoms with Crippen molar-refractivity contribution in [3.05, 3.63) is 101 Å². The summed E-state index contributed by atoms with van der Waals surface area (Å²) < 4.78 is 81.0. The zero-order chi connectivity index (χ0) is 32.7. The molecule has 0 amide bonds. The second-order valence-corrected chi connectivity index (χ2v) is 19.4. The van der Waals surface area contributed by atoms with Gasteiger partial charge in [0.15, 0.2) is 8.24 Å². The molecule has 0 saturated heterocycles. The zero-order valence-corrected chi connectivity index (χ0v) is 27.9. The third-order valence-corrected chi connectivity index (χ3v) is 15.6. The first kappa shape index (κ1) is 33.5. The molecule has 6 nitrogen and oxygen atoms in total. The number of hydrogen-bond donors (Lipinski definition) is 0. The van der Waals surface area contributed by atoms with Gasteiger partial charge in [0.05, 0.1) is 23.1 Å². The van der Waals surface area contributed by atoms with Gasteiger partial charge < -0.3 is 8.97 Å². The molecule has 1 atom stereocenters. The van der Waals surface area contributed by atoms with Gasteiger partial charge in [-0.15, -0.1) is 0 Å². The number of aromatic nitrogens is 1. The number of para-hydroxylation sites is 1.